The number of aromatic nitrogens is 2. The highest BCUT2D eigenvalue weighted by molar-refractivity contribution is 9.10. The maximum absolute atomic E-state index is 13.2. The van der Waals surface area contributed by atoms with E-state index in [2.05, 4.69) is 55.0 Å². The molecule has 0 aliphatic heterocycles. The average Bonchev–Trinajstić information content (AvgIpc) is 3.17. The van der Waals surface area contributed by atoms with Gasteiger partial charge in [-0.2, -0.15) is 5.10 Å². The number of nitrogens with zero attached hydrogens (tertiary/aromatic N) is 3. The quantitative estimate of drug-likeness (QED) is 0.427. The summed E-state index contributed by atoms with van der Waals surface area (Å²) in [5.41, 5.74) is 4.37. The second-order valence-electron chi connectivity index (χ2n) is 9.88. The fraction of sp³-hybridized carbons (Fsp3) is 0.370. The number of carbonyl (C=O) groups is 2. The SMILES string of the molecule is Cc1cccc(-n2nc(C(C)(C)C)cc2NC(=O)CN(C(=O)c2cccc(Br)c2)C(C)C)c1C. The van der Waals surface area contributed by atoms with Crippen LogP contribution in [0.15, 0.2) is 53.0 Å². The van der Waals surface area contributed by atoms with Crippen molar-refractivity contribution in [2.45, 2.75) is 59.9 Å². The normalized spacial score (nSPS) is 11.6. The van der Waals surface area contributed by atoms with Crippen LogP contribution >= 0.6 is 15.9 Å². The molecule has 1 N–H and O–H groups in total. The van der Waals surface area contributed by atoms with Crippen LogP contribution in [0.2, 0.25) is 0 Å². The minimum Gasteiger partial charge on any atom is -0.327 e. The lowest BCUT2D eigenvalue weighted by Crippen LogP contribution is -2.42. The van der Waals surface area contributed by atoms with Gasteiger partial charge in [-0.05, 0) is 63.1 Å². The van der Waals surface area contributed by atoms with Crippen molar-refractivity contribution in [1.29, 1.82) is 0 Å². The molecule has 2 aromatic carbocycles. The van der Waals surface area contributed by atoms with Gasteiger partial charge in [-0.1, -0.05) is 54.9 Å². The largest absolute Gasteiger partial charge is 0.327 e. The van der Waals surface area contributed by atoms with Crippen LogP contribution in [0, 0.1) is 13.8 Å². The summed E-state index contributed by atoms with van der Waals surface area (Å²) in [6, 6.07) is 15.0. The number of rotatable bonds is 6. The first-order chi connectivity index (χ1) is 15.9. The smallest absolute Gasteiger partial charge is 0.254 e. The van der Waals surface area contributed by atoms with Crippen molar-refractivity contribution in [3.05, 3.63) is 75.4 Å². The van der Waals surface area contributed by atoms with Gasteiger partial charge in [-0.25, -0.2) is 4.68 Å². The zero-order valence-corrected chi connectivity index (χ0v) is 22.5. The zero-order chi connectivity index (χ0) is 25.2. The van der Waals surface area contributed by atoms with E-state index >= 15 is 0 Å². The Kier molecular flexibility index (Phi) is 7.66. The molecule has 0 radical (unpaired) electrons. The topological polar surface area (TPSA) is 67.2 Å². The van der Waals surface area contributed by atoms with Gasteiger partial charge in [-0.3, -0.25) is 9.59 Å². The highest BCUT2D eigenvalue weighted by Crippen LogP contribution is 2.28. The molecule has 0 atom stereocenters. The van der Waals surface area contributed by atoms with E-state index in [0.29, 0.717) is 11.4 Å². The van der Waals surface area contributed by atoms with Gasteiger partial charge in [-0.15, -0.1) is 0 Å². The minimum atomic E-state index is -0.274. The van der Waals surface area contributed by atoms with Gasteiger partial charge in [0.25, 0.3) is 5.91 Å². The number of halogens is 1. The summed E-state index contributed by atoms with van der Waals surface area (Å²) >= 11 is 3.41. The number of hydrogen-bond acceptors (Lipinski definition) is 3. The van der Waals surface area contributed by atoms with E-state index in [9.17, 15) is 9.59 Å². The molecule has 7 heteroatoms. The Balaban J connectivity index is 1.91. The molecular formula is C27H33BrN4O2. The second-order valence-corrected chi connectivity index (χ2v) is 10.8. The molecule has 1 aromatic heterocycles. The lowest BCUT2D eigenvalue weighted by Gasteiger charge is -2.26. The highest BCUT2D eigenvalue weighted by atomic mass is 79.9. The summed E-state index contributed by atoms with van der Waals surface area (Å²) in [6.45, 7) is 14.1. The first kappa shape index (κ1) is 25.7. The molecule has 0 fully saturated rings. The lowest BCUT2D eigenvalue weighted by atomic mass is 9.92. The van der Waals surface area contributed by atoms with Crippen LogP contribution in [0.1, 0.15) is 61.8 Å². The number of aryl methyl sites for hydroxylation is 1. The fourth-order valence-electron chi connectivity index (χ4n) is 3.60. The third kappa shape index (κ3) is 5.76. The molecule has 6 nitrogen and oxygen atoms in total. The van der Waals surface area contributed by atoms with Crippen LogP contribution in [0.3, 0.4) is 0 Å². The summed E-state index contributed by atoms with van der Waals surface area (Å²) in [5, 5.41) is 7.84. The zero-order valence-electron chi connectivity index (χ0n) is 20.9. The Hall–Kier alpha value is -2.93. The first-order valence-electron chi connectivity index (χ1n) is 11.4. The summed E-state index contributed by atoms with van der Waals surface area (Å²) in [5.74, 6) is 0.121. The number of anilines is 1. The molecule has 0 saturated carbocycles. The monoisotopic (exact) mass is 524 g/mol. The third-order valence-corrected chi connectivity index (χ3v) is 6.31. The van der Waals surface area contributed by atoms with Gasteiger partial charge in [0.05, 0.1) is 11.4 Å². The molecule has 1 heterocycles. The van der Waals surface area contributed by atoms with Crippen molar-refractivity contribution in [3.63, 3.8) is 0 Å². The third-order valence-electron chi connectivity index (χ3n) is 5.82. The molecule has 3 aromatic rings. The molecule has 0 aliphatic carbocycles. The summed E-state index contributed by atoms with van der Waals surface area (Å²) in [4.78, 5) is 27.9. The van der Waals surface area contributed by atoms with Gasteiger partial charge >= 0.3 is 0 Å². The van der Waals surface area contributed by atoms with Crippen molar-refractivity contribution < 1.29 is 9.59 Å². The summed E-state index contributed by atoms with van der Waals surface area (Å²) in [7, 11) is 0. The van der Waals surface area contributed by atoms with E-state index < -0.39 is 0 Å². The van der Waals surface area contributed by atoms with Crippen LogP contribution in [-0.2, 0) is 10.2 Å². The van der Waals surface area contributed by atoms with Crippen molar-refractivity contribution in [3.8, 4) is 5.69 Å². The predicted octanol–water partition coefficient (Wildman–Crippen LogP) is 6.04. The lowest BCUT2D eigenvalue weighted by molar-refractivity contribution is -0.117. The van der Waals surface area contributed by atoms with Crippen LogP contribution in [0.5, 0.6) is 0 Å². The summed E-state index contributed by atoms with van der Waals surface area (Å²) < 4.78 is 2.61. The average molecular weight is 525 g/mol. The minimum absolute atomic E-state index is 0.0636. The Bertz CT molecular complexity index is 1210. The van der Waals surface area contributed by atoms with E-state index in [-0.39, 0.29) is 29.8 Å². The first-order valence-corrected chi connectivity index (χ1v) is 12.2. The van der Waals surface area contributed by atoms with Gasteiger partial charge in [0, 0.05) is 27.6 Å². The van der Waals surface area contributed by atoms with Gasteiger partial charge in [0.1, 0.15) is 12.4 Å². The van der Waals surface area contributed by atoms with Crippen LogP contribution in [-0.4, -0.2) is 39.1 Å². The highest BCUT2D eigenvalue weighted by Gasteiger charge is 2.25. The number of carbonyl (C=O) groups excluding carboxylic acids is 2. The van der Waals surface area contributed by atoms with Crippen LogP contribution in [0.25, 0.3) is 5.69 Å². The van der Waals surface area contributed by atoms with Gasteiger partial charge < -0.3 is 10.2 Å². The molecule has 0 bridgehead atoms. The number of nitrogens with one attached hydrogen (secondary N) is 1. The van der Waals surface area contributed by atoms with E-state index in [0.717, 1.165) is 27.0 Å². The van der Waals surface area contributed by atoms with E-state index in [1.165, 1.54) is 0 Å². The molecular weight excluding hydrogens is 492 g/mol. The number of benzene rings is 2. The van der Waals surface area contributed by atoms with Crippen molar-refractivity contribution in [2.24, 2.45) is 0 Å². The predicted molar refractivity (Wildman–Crippen MR) is 141 cm³/mol. The Morgan fingerprint density at radius 2 is 1.76 bits per heavy atom. The molecule has 34 heavy (non-hydrogen) atoms. The van der Waals surface area contributed by atoms with Crippen LogP contribution in [0.4, 0.5) is 5.82 Å². The molecule has 0 saturated heterocycles. The Labute approximate surface area is 210 Å². The second kappa shape index (κ2) is 10.1. The van der Waals surface area contributed by atoms with Crippen molar-refractivity contribution >= 4 is 33.6 Å². The van der Waals surface area contributed by atoms with E-state index in [1.807, 2.05) is 51.1 Å². The molecule has 180 valence electrons. The molecule has 3 rings (SSSR count). The van der Waals surface area contributed by atoms with Gasteiger partial charge in [0.15, 0.2) is 0 Å². The van der Waals surface area contributed by atoms with Crippen LogP contribution < -0.4 is 5.32 Å². The molecule has 0 unspecified atom stereocenters. The van der Waals surface area contributed by atoms with Gasteiger partial charge in [0.2, 0.25) is 5.91 Å². The number of hydrogen-bond donors (Lipinski definition) is 1. The molecule has 0 aliphatic rings. The fourth-order valence-corrected chi connectivity index (χ4v) is 4.00. The maximum Gasteiger partial charge on any atom is 0.254 e. The summed E-state index contributed by atoms with van der Waals surface area (Å²) in [6.07, 6.45) is 0. The Morgan fingerprint density at radius 1 is 1.09 bits per heavy atom. The Morgan fingerprint density at radius 3 is 2.38 bits per heavy atom. The molecule has 0 spiro atoms. The van der Waals surface area contributed by atoms with E-state index in [4.69, 9.17) is 5.10 Å². The molecule has 2 amide bonds. The van der Waals surface area contributed by atoms with Crippen molar-refractivity contribution in [1.82, 2.24) is 14.7 Å². The number of amides is 2. The standard InChI is InChI=1S/C27H33BrN4O2/c1-17(2)31(26(34)20-11-9-12-21(28)14-20)16-25(33)29-24-15-23(27(5,6)7)30-32(24)22-13-8-10-18(3)19(22)4/h8-15,17H,16H2,1-7H3,(H,29,33). The van der Waals surface area contributed by atoms with Crippen molar-refractivity contribution in [2.75, 3.05) is 11.9 Å². The van der Waals surface area contributed by atoms with E-state index in [1.54, 1.807) is 21.7 Å². The maximum atomic E-state index is 13.2.